The van der Waals surface area contributed by atoms with E-state index in [1.165, 1.54) is 24.3 Å². The molecule has 0 amide bonds. The van der Waals surface area contributed by atoms with E-state index < -0.39 is 17.9 Å². The summed E-state index contributed by atoms with van der Waals surface area (Å²) in [7, 11) is 0. The van der Waals surface area contributed by atoms with E-state index in [9.17, 15) is 19.8 Å². The molecule has 120 valence electrons. The predicted octanol–water partition coefficient (Wildman–Crippen LogP) is 2.10. The number of aromatic hydroxyl groups is 2. The molecule has 1 fully saturated rings. The second-order valence-electron chi connectivity index (χ2n) is 6.17. The molecule has 2 aromatic rings. The lowest BCUT2D eigenvalue weighted by molar-refractivity contribution is -0.0337. The minimum atomic E-state index is -0.555. The van der Waals surface area contributed by atoms with E-state index in [0.717, 1.165) is 0 Å². The molecule has 1 saturated heterocycles. The fourth-order valence-corrected chi connectivity index (χ4v) is 3.85. The standard InChI is InChI=1S/C18H12O6/c19-10-3-1-2-7-12(10)16(21)14-9(15(7)20)6-11-13(17(14)22)8-4-5-23-18(8)24-11/h1-3,6,8,18-19,22H,4-5H2/t8-,18+/m0/s1. The number of hydrogen-bond acceptors (Lipinski definition) is 6. The summed E-state index contributed by atoms with van der Waals surface area (Å²) in [5, 5.41) is 20.7. The third-order valence-corrected chi connectivity index (χ3v) is 4.94. The number of phenolic OH excluding ortho intramolecular Hbond substituents is 2. The van der Waals surface area contributed by atoms with Crippen LogP contribution in [0.1, 0.15) is 49.7 Å². The molecule has 2 atom stereocenters. The molecule has 0 bridgehead atoms. The van der Waals surface area contributed by atoms with Gasteiger partial charge in [-0.15, -0.1) is 0 Å². The number of carbonyl (C=O) groups is 2. The van der Waals surface area contributed by atoms with E-state index >= 15 is 0 Å². The first-order valence-corrected chi connectivity index (χ1v) is 7.67. The number of benzene rings is 2. The third kappa shape index (κ3) is 1.48. The molecule has 0 radical (unpaired) electrons. The first-order valence-electron chi connectivity index (χ1n) is 7.67. The van der Waals surface area contributed by atoms with Crippen LogP contribution >= 0.6 is 0 Å². The van der Waals surface area contributed by atoms with Crippen LogP contribution in [-0.2, 0) is 4.74 Å². The van der Waals surface area contributed by atoms with Crippen molar-refractivity contribution < 1.29 is 29.3 Å². The molecular formula is C18H12O6. The van der Waals surface area contributed by atoms with Crippen molar-refractivity contribution in [2.45, 2.75) is 18.6 Å². The van der Waals surface area contributed by atoms with E-state index in [1.807, 2.05) is 0 Å². The molecule has 0 unspecified atom stereocenters. The van der Waals surface area contributed by atoms with Crippen LogP contribution in [0, 0.1) is 0 Å². The van der Waals surface area contributed by atoms with Gasteiger partial charge in [0.15, 0.2) is 5.78 Å². The van der Waals surface area contributed by atoms with Crippen LogP contribution in [0.4, 0.5) is 0 Å². The van der Waals surface area contributed by atoms with Crippen LogP contribution in [0.25, 0.3) is 0 Å². The maximum Gasteiger partial charge on any atom is 0.207 e. The Bertz CT molecular complexity index is 945. The van der Waals surface area contributed by atoms with Gasteiger partial charge in [0.2, 0.25) is 12.1 Å². The summed E-state index contributed by atoms with van der Waals surface area (Å²) in [5.41, 5.74) is 0.596. The molecule has 2 heterocycles. The van der Waals surface area contributed by atoms with Gasteiger partial charge in [-0.05, 0) is 18.6 Å². The van der Waals surface area contributed by atoms with E-state index in [4.69, 9.17) is 9.47 Å². The number of hydrogen-bond donors (Lipinski definition) is 2. The Balaban J connectivity index is 1.79. The van der Waals surface area contributed by atoms with Gasteiger partial charge in [0, 0.05) is 16.7 Å². The Labute approximate surface area is 136 Å². The summed E-state index contributed by atoms with van der Waals surface area (Å²) in [6.07, 6.45) is 0.185. The quantitative estimate of drug-likeness (QED) is 0.658. The molecule has 6 heteroatoms. The summed E-state index contributed by atoms with van der Waals surface area (Å²) < 4.78 is 11.1. The molecule has 0 saturated carbocycles. The van der Waals surface area contributed by atoms with Crippen molar-refractivity contribution in [1.29, 1.82) is 0 Å². The number of fused-ring (bicyclic) bond motifs is 5. The Morgan fingerprint density at radius 1 is 1.04 bits per heavy atom. The molecule has 3 aliphatic rings. The monoisotopic (exact) mass is 324 g/mol. The lowest BCUT2D eigenvalue weighted by Gasteiger charge is -2.21. The highest BCUT2D eigenvalue weighted by Crippen LogP contribution is 2.52. The van der Waals surface area contributed by atoms with Crippen LogP contribution in [0.2, 0.25) is 0 Å². The van der Waals surface area contributed by atoms with Crippen molar-refractivity contribution in [3.8, 4) is 17.2 Å². The number of phenols is 2. The van der Waals surface area contributed by atoms with E-state index in [2.05, 4.69) is 0 Å². The third-order valence-electron chi connectivity index (χ3n) is 4.94. The fourth-order valence-electron chi connectivity index (χ4n) is 3.85. The second kappa shape index (κ2) is 4.36. The summed E-state index contributed by atoms with van der Waals surface area (Å²) in [6, 6.07) is 5.84. The van der Waals surface area contributed by atoms with Crippen LogP contribution in [0.5, 0.6) is 17.2 Å². The van der Waals surface area contributed by atoms with Gasteiger partial charge in [-0.3, -0.25) is 9.59 Å². The molecule has 6 nitrogen and oxygen atoms in total. The number of ketones is 2. The van der Waals surface area contributed by atoms with Crippen molar-refractivity contribution in [1.82, 2.24) is 0 Å². The first kappa shape index (κ1) is 13.6. The molecular weight excluding hydrogens is 312 g/mol. The molecule has 2 aliphatic heterocycles. The molecule has 0 aromatic heterocycles. The maximum absolute atomic E-state index is 12.8. The molecule has 2 aromatic carbocycles. The molecule has 0 spiro atoms. The van der Waals surface area contributed by atoms with Crippen LogP contribution in [0.3, 0.4) is 0 Å². The van der Waals surface area contributed by atoms with E-state index in [0.29, 0.717) is 24.3 Å². The minimum Gasteiger partial charge on any atom is -0.507 e. The smallest absolute Gasteiger partial charge is 0.207 e. The van der Waals surface area contributed by atoms with Crippen molar-refractivity contribution in [3.63, 3.8) is 0 Å². The maximum atomic E-state index is 12.8. The van der Waals surface area contributed by atoms with Crippen molar-refractivity contribution in [2.75, 3.05) is 6.61 Å². The molecule has 5 rings (SSSR count). The summed E-state index contributed by atoms with van der Waals surface area (Å²) in [6.45, 7) is 0.516. The highest BCUT2D eigenvalue weighted by molar-refractivity contribution is 6.30. The first-order chi connectivity index (χ1) is 11.6. The van der Waals surface area contributed by atoms with Gasteiger partial charge in [0.1, 0.15) is 17.2 Å². The highest BCUT2D eigenvalue weighted by Gasteiger charge is 2.45. The Morgan fingerprint density at radius 3 is 2.71 bits per heavy atom. The van der Waals surface area contributed by atoms with Gasteiger partial charge in [-0.1, -0.05) is 12.1 Å². The minimum absolute atomic E-state index is 0.0658. The van der Waals surface area contributed by atoms with Crippen molar-refractivity contribution in [2.24, 2.45) is 0 Å². The van der Waals surface area contributed by atoms with Gasteiger partial charge in [-0.2, -0.15) is 0 Å². The van der Waals surface area contributed by atoms with Crippen LogP contribution in [-0.4, -0.2) is 34.7 Å². The Morgan fingerprint density at radius 2 is 1.88 bits per heavy atom. The highest BCUT2D eigenvalue weighted by atomic mass is 16.7. The summed E-state index contributed by atoms with van der Waals surface area (Å²) >= 11 is 0. The fraction of sp³-hybridized carbons (Fsp3) is 0.222. The lowest BCUT2D eigenvalue weighted by atomic mass is 9.80. The van der Waals surface area contributed by atoms with Gasteiger partial charge in [0.25, 0.3) is 0 Å². The Kier molecular flexibility index (Phi) is 2.46. The molecule has 2 N–H and O–H groups in total. The topological polar surface area (TPSA) is 93.1 Å². The van der Waals surface area contributed by atoms with Crippen LogP contribution < -0.4 is 4.74 Å². The van der Waals surface area contributed by atoms with Gasteiger partial charge in [0.05, 0.1) is 23.7 Å². The van der Waals surface area contributed by atoms with Gasteiger partial charge < -0.3 is 19.7 Å². The normalized spacial score (nSPS) is 23.3. The second-order valence-corrected chi connectivity index (χ2v) is 6.17. The van der Waals surface area contributed by atoms with E-state index in [-0.39, 0.29) is 39.7 Å². The number of ether oxygens (including phenoxy) is 2. The summed E-state index contributed by atoms with van der Waals surface area (Å²) in [5.74, 6) is -1.26. The van der Waals surface area contributed by atoms with Crippen molar-refractivity contribution in [3.05, 3.63) is 52.1 Å². The number of carbonyl (C=O) groups excluding carboxylic acids is 2. The molecule has 24 heavy (non-hydrogen) atoms. The SMILES string of the molecule is O=C1c2cccc(O)c2C(=O)c2c1cc1c(c2O)[C@@H]2CCO[C@@H]2O1. The zero-order valence-corrected chi connectivity index (χ0v) is 12.4. The lowest BCUT2D eigenvalue weighted by Crippen LogP contribution is -2.21. The summed E-state index contributed by atoms with van der Waals surface area (Å²) in [4.78, 5) is 25.6. The van der Waals surface area contributed by atoms with Crippen LogP contribution in [0.15, 0.2) is 24.3 Å². The number of rotatable bonds is 0. The molecule has 1 aliphatic carbocycles. The average molecular weight is 324 g/mol. The average Bonchev–Trinajstić information content (AvgIpc) is 3.12. The zero-order valence-electron chi connectivity index (χ0n) is 12.4. The van der Waals surface area contributed by atoms with Gasteiger partial charge in [-0.25, -0.2) is 0 Å². The van der Waals surface area contributed by atoms with E-state index in [1.54, 1.807) is 0 Å². The largest absolute Gasteiger partial charge is 0.507 e. The van der Waals surface area contributed by atoms with Gasteiger partial charge >= 0.3 is 0 Å². The van der Waals surface area contributed by atoms with Crippen molar-refractivity contribution >= 4 is 11.6 Å². The zero-order chi connectivity index (χ0) is 16.6. The Hall–Kier alpha value is -2.86. The predicted molar refractivity (Wildman–Crippen MR) is 80.8 cm³/mol.